The second kappa shape index (κ2) is 9.67. The zero-order chi connectivity index (χ0) is 18.9. The third kappa shape index (κ3) is 5.96. The van der Waals surface area contributed by atoms with E-state index in [0.717, 1.165) is 10.6 Å². The molecule has 0 aromatic heterocycles. The number of amides is 1. The summed E-state index contributed by atoms with van der Waals surface area (Å²) in [6, 6.07) is 13.3. The molecule has 1 atom stereocenters. The van der Waals surface area contributed by atoms with Gasteiger partial charge in [-0.25, -0.2) is 0 Å². The number of carbonyl (C=O) groups excluding carboxylic acids is 1. The number of ether oxygens (including phenoxy) is 2. The van der Waals surface area contributed by atoms with Crippen LogP contribution in [0.3, 0.4) is 0 Å². The normalized spacial score (nSPS) is 11.5. The second-order valence-electron chi connectivity index (χ2n) is 5.33. The molecule has 2 aromatic carbocycles. The molecule has 2 rings (SSSR count). The molecule has 0 fully saturated rings. The maximum Gasteiger partial charge on any atom is 0.269 e. The molecule has 8 heteroatoms. The number of carbonyl (C=O) groups is 1. The molecule has 1 amide bonds. The summed E-state index contributed by atoms with van der Waals surface area (Å²) < 4.78 is 10.6. The Hall–Kier alpha value is -2.74. The number of nitrogens with zero attached hydrogens (tertiary/aromatic N) is 1. The summed E-state index contributed by atoms with van der Waals surface area (Å²) in [6.45, 7) is 2.52. The molecule has 26 heavy (non-hydrogen) atoms. The molecular weight excluding hydrogens is 356 g/mol. The van der Waals surface area contributed by atoms with E-state index in [9.17, 15) is 14.9 Å². The van der Waals surface area contributed by atoms with Gasteiger partial charge >= 0.3 is 0 Å². The van der Waals surface area contributed by atoms with Crippen LogP contribution in [0, 0.1) is 10.1 Å². The van der Waals surface area contributed by atoms with Gasteiger partial charge < -0.3 is 14.8 Å². The van der Waals surface area contributed by atoms with Crippen molar-refractivity contribution in [3.05, 3.63) is 58.6 Å². The van der Waals surface area contributed by atoms with Gasteiger partial charge in [0.1, 0.15) is 18.1 Å². The lowest BCUT2D eigenvalue weighted by Gasteiger charge is -2.12. The molecular formula is C18H20N2O5S. The summed E-state index contributed by atoms with van der Waals surface area (Å²) in [5.74, 6) is 1.34. The molecule has 7 nitrogen and oxygen atoms in total. The number of nitrogens with one attached hydrogen (secondary N) is 1. The Morgan fingerprint density at radius 1 is 1.15 bits per heavy atom. The fourth-order valence-electron chi connectivity index (χ4n) is 2.06. The monoisotopic (exact) mass is 376 g/mol. The van der Waals surface area contributed by atoms with Crippen LogP contribution in [-0.4, -0.2) is 36.3 Å². The van der Waals surface area contributed by atoms with Crippen LogP contribution in [-0.2, 0) is 4.79 Å². The third-order valence-corrected chi connectivity index (χ3v) is 4.57. The van der Waals surface area contributed by atoms with Gasteiger partial charge in [0, 0.05) is 17.0 Å². The smallest absolute Gasteiger partial charge is 0.269 e. The largest absolute Gasteiger partial charge is 0.497 e. The quantitative estimate of drug-likeness (QED) is 0.313. The zero-order valence-corrected chi connectivity index (χ0v) is 15.3. The number of nitro benzene ring substituents is 1. The van der Waals surface area contributed by atoms with Gasteiger partial charge in [-0.05, 0) is 43.3 Å². The van der Waals surface area contributed by atoms with Crippen LogP contribution in [0.5, 0.6) is 11.5 Å². The molecule has 0 aliphatic rings. The molecule has 2 aromatic rings. The van der Waals surface area contributed by atoms with Crippen LogP contribution in [0.1, 0.15) is 6.92 Å². The predicted octanol–water partition coefficient (Wildman–Crippen LogP) is 3.28. The molecule has 138 valence electrons. The van der Waals surface area contributed by atoms with E-state index in [1.807, 2.05) is 0 Å². The van der Waals surface area contributed by atoms with E-state index < -0.39 is 4.92 Å². The Kier molecular flexibility index (Phi) is 7.28. The van der Waals surface area contributed by atoms with Crippen molar-refractivity contribution in [1.29, 1.82) is 0 Å². The van der Waals surface area contributed by atoms with E-state index in [1.54, 1.807) is 50.4 Å². The van der Waals surface area contributed by atoms with Crippen molar-refractivity contribution in [2.24, 2.45) is 0 Å². The highest BCUT2D eigenvalue weighted by molar-refractivity contribution is 8.00. The van der Waals surface area contributed by atoms with Gasteiger partial charge in [0.05, 0.1) is 23.8 Å². The average Bonchev–Trinajstić information content (AvgIpc) is 2.66. The third-order valence-electron chi connectivity index (χ3n) is 3.46. The standard InChI is InChI=1S/C18H20N2O5S/c1-13(26-17-9-3-14(4-10-17)20(22)23)18(21)19-11-12-25-16-7-5-15(24-2)6-8-16/h3-10,13H,11-12H2,1-2H3,(H,19,21)/t13-/m1/s1. The topological polar surface area (TPSA) is 90.7 Å². The number of non-ortho nitro benzene ring substituents is 1. The highest BCUT2D eigenvalue weighted by atomic mass is 32.2. The number of hydrogen-bond donors (Lipinski definition) is 1. The maximum atomic E-state index is 12.1. The van der Waals surface area contributed by atoms with Crippen LogP contribution >= 0.6 is 11.8 Å². The fraction of sp³-hybridized carbons (Fsp3) is 0.278. The number of methoxy groups -OCH3 is 1. The number of rotatable bonds is 9. The lowest BCUT2D eigenvalue weighted by molar-refractivity contribution is -0.384. The highest BCUT2D eigenvalue weighted by Gasteiger charge is 2.14. The molecule has 0 unspecified atom stereocenters. The van der Waals surface area contributed by atoms with Gasteiger partial charge in [0.25, 0.3) is 5.69 Å². The van der Waals surface area contributed by atoms with Crippen molar-refractivity contribution in [1.82, 2.24) is 5.32 Å². The summed E-state index contributed by atoms with van der Waals surface area (Å²) >= 11 is 1.34. The molecule has 0 saturated carbocycles. The van der Waals surface area contributed by atoms with Gasteiger partial charge in [-0.3, -0.25) is 14.9 Å². The molecule has 0 saturated heterocycles. The summed E-state index contributed by atoms with van der Waals surface area (Å²) in [5, 5.41) is 13.1. The lowest BCUT2D eigenvalue weighted by atomic mass is 10.3. The Morgan fingerprint density at radius 2 is 1.77 bits per heavy atom. The van der Waals surface area contributed by atoms with Crippen LogP contribution in [0.2, 0.25) is 0 Å². The van der Waals surface area contributed by atoms with Crippen molar-refractivity contribution in [2.45, 2.75) is 17.1 Å². The van der Waals surface area contributed by atoms with Gasteiger partial charge in [0.2, 0.25) is 5.91 Å². The molecule has 0 spiro atoms. The van der Waals surface area contributed by atoms with E-state index in [1.165, 1.54) is 23.9 Å². The van der Waals surface area contributed by atoms with E-state index >= 15 is 0 Å². The molecule has 0 heterocycles. The Balaban J connectivity index is 1.71. The van der Waals surface area contributed by atoms with Gasteiger partial charge in [-0.2, -0.15) is 0 Å². The minimum absolute atomic E-state index is 0.0298. The molecule has 0 radical (unpaired) electrons. The minimum Gasteiger partial charge on any atom is -0.497 e. The highest BCUT2D eigenvalue weighted by Crippen LogP contribution is 2.25. The predicted molar refractivity (Wildman–Crippen MR) is 99.9 cm³/mol. The van der Waals surface area contributed by atoms with E-state index in [4.69, 9.17) is 9.47 Å². The first-order valence-electron chi connectivity index (χ1n) is 7.95. The lowest BCUT2D eigenvalue weighted by Crippen LogP contribution is -2.33. The molecule has 0 bridgehead atoms. The van der Waals surface area contributed by atoms with Crippen LogP contribution in [0.25, 0.3) is 0 Å². The van der Waals surface area contributed by atoms with Crippen molar-refractivity contribution in [2.75, 3.05) is 20.3 Å². The molecule has 1 N–H and O–H groups in total. The second-order valence-corrected chi connectivity index (χ2v) is 6.74. The summed E-state index contributed by atoms with van der Waals surface area (Å²) in [4.78, 5) is 23.1. The molecule has 0 aliphatic carbocycles. The van der Waals surface area contributed by atoms with Crippen molar-refractivity contribution in [3.63, 3.8) is 0 Å². The summed E-state index contributed by atoms with van der Waals surface area (Å²) in [5.41, 5.74) is 0.0298. The first kappa shape index (κ1) is 19.6. The van der Waals surface area contributed by atoms with E-state index in [2.05, 4.69) is 5.32 Å². The fourth-order valence-corrected chi connectivity index (χ4v) is 2.95. The average molecular weight is 376 g/mol. The summed E-state index contributed by atoms with van der Waals surface area (Å²) in [6.07, 6.45) is 0. The van der Waals surface area contributed by atoms with Gasteiger partial charge in [-0.1, -0.05) is 0 Å². The van der Waals surface area contributed by atoms with Crippen molar-refractivity contribution in [3.8, 4) is 11.5 Å². The number of benzene rings is 2. The first-order chi connectivity index (χ1) is 12.5. The zero-order valence-electron chi connectivity index (χ0n) is 14.5. The van der Waals surface area contributed by atoms with Crippen LogP contribution in [0.15, 0.2) is 53.4 Å². The number of thioether (sulfide) groups is 1. The van der Waals surface area contributed by atoms with Gasteiger partial charge in [0.15, 0.2) is 0 Å². The summed E-state index contributed by atoms with van der Waals surface area (Å²) in [7, 11) is 1.60. The first-order valence-corrected chi connectivity index (χ1v) is 8.83. The Labute approximate surface area is 155 Å². The van der Waals surface area contributed by atoms with Crippen LogP contribution < -0.4 is 14.8 Å². The van der Waals surface area contributed by atoms with Crippen molar-refractivity contribution >= 4 is 23.4 Å². The number of nitro groups is 1. The number of hydrogen-bond acceptors (Lipinski definition) is 6. The van der Waals surface area contributed by atoms with Crippen LogP contribution in [0.4, 0.5) is 5.69 Å². The Morgan fingerprint density at radius 3 is 2.35 bits per heavy atom. The van der Waals surface area contributed by atoms with E-state index in [-0.39, 0.29) is 16.8 Å². The van der Waals surface area contributed by atoms with Gasteiger partial charge in [-0.15, -0.1) is 11.8 Å². The van der Waals surface area contributed by atoms with E-state index in [0.29, 0.717) is 18.9 Å². The van der Waals surface area contributed by atoms with Crippen molar-refractivity contribution < 1.29 is 19.2 Å². The Bertz CT molecular complexity index is 734. The maximum absolute atomic E-state index is 12.1. The minimum atomic E-state index is -0.451. The SMILES string of the molecule is COc1ccc(OCCNC(=O)[C@@H](C)Sc2ccc([N+](=O)[O-])cc2)cc1. The molecule has 0 aliphatic heterocycles.